The Morgan fingerprint density at radius 1 is 0.946 bits per heavy atom. The van der Waals surface area contributed by atoms with Crippen molar-refractivity contribution in [2.24, 2.45) is 0 Å². The van der Waals surface area contributed by atoms with Crippen LogP contribution in [0.5, 0.6) is 17.4 Å². The highest BCUT2D eigenvalue weighted by Gasteiger charge is 2.54. The minimum Gasteiger partial charge on any atom is -0.457 e. The van der Waals surface area contributed by atoms with Gasteiger partial charge < -0.3 is 19.5 Å². The summed E-state index contributed by atoms with van der Waals surface area (Å²) in [4.78, 5) is 3.79. The zero-order valence-corrected chi connectivity index (χ0v) is 18.6. The summed E-state index contributed by atoms with van der Waals surface area (Å²) >= 11 is 0. The largest absolute Gasteiger partial charge is 0.457 e. The molecule has 0 fully saturated rings. The number of ether oxygens (including phenoxy) is 2. The maximum absolute atomic E-state index is 14.4. The van der Waals surface area contributed by atoms with Crippen LogP contribution in [0.25, 0.3) is 0 Å². The van der Waals surface area contributed by atoms with Crippen molar-refractivity contribution >= 4 is 5.69 Å². The highest BCUT2D eigenvalue weighted by Crippen LogP contribution is 2.40. The minimum absolute atomic E-state index is 0.0964. The summed E-state index contributed by atoms with van der Waals surface area (Å²) in [5, 5.41) is 10.4. The van der Waals surface area contributed by atoms with Crippen molar-refractivity contribution in [3.63, 3.8) is 0 Å². The van der Waals surface area contributed by atoms with Crippen molar-refractivity contribution in [2.45, 2.75) is 38.2 Å². The standard InChI is InChI=1S/C23H17F9N2O3/c1-21(35,23(30,31)32)34(12-13-9-14(22(27,28)29)5-6-18(13)24)15-3-2-4-16(10-15)36-17-7-8-33-19(11-17)37-20(25)26/h2-11,20,35H,12H2,1H3. The Kier molecular flexibility index (Phi) is 7.81. The molecule has 1 N–H and O–H groups in total. The second kappa shape index (κ2) is 10.4. The van der Waals surface area contributed by atoms with Gasteiger partial charge in [0.25, 0.3) is 0 Å². The summed E-state index contributed by atoms with van der Waals surface area (Å²) in [6, 6.07) is 7.97. The van der Waals surface area contributed by atoms with E-state index in [4.69, 9.17) is 4.74 Å². The predicted molar refractivity (Wildman–Crippen MR) is 112 cm³/mol. The first-order chi connectivity index (χ1) is 17.1. The quantitative estimate of drug-likeness (QED) is 0.249. The fourth-order valence-electron chi connectivity index (χ4n) is 3.15. The number of anilines is 1. The molecule has 0 radical (unpaired) electrons. The monoisotopic (exact) mass is 540 g/mol. The number of nitrogens with zero attached hydrogens (tertiary/aromatic N) is 2. The van der Waals surface area contributed by atoms with Crippen LogP contribution >= 0.6 is 0 Å². The number of benzene rings is 2. The average molecular weight is 540 g/mol. The van der Waals surface area contributed by atoms with E-state index in [1.54, 1.807) is 0 Å². The molecule has 0 aliphatic rings. The highest BCUT2D eigenvalue weighted by molar-refractivity contribution is 5.54. The fraction of sp³-hybridized carbons (Fsp3) is 0.261. The SMILES string of the molecule is CC(O)(N(Cc1cc(C(F)(F)F)ccc1F)c1cccc(Oc2ccnc(OC(F)F)c2)c1)C(F)(F)F. The molecule has 2 aromatic carbocycles. The third kappa shape index (κ3) is 6.76. The van der Waals surface area contributed by atoms with Crippen LogP contribution in [0.3, 0.4) is 0 Å². The Labute approximate surface area is 203 Å². The van der Waals surface area contributed by atoms with Crippen LogP contribution in [-0.2, 0) is 12.7 Å². The van der Waals surface area contributed by atoms with Gasteiger partial charge >= 0.3 is 19.0 Å². The molecule has 14 heteroatoms. The molecule has 0 bridgehead atoms. The van der Waals surface area contributed by atoms with E-state index in [1.807, 2.05) is 0 Å². The van der Waals surface area contributed by atoms with E-state index < -0.39 is 59.7 Å². The van der Waals surface area contributed by atoms with E-state index in [1.165, 1.54) is 18.2 Å². The molecule has 37 heavy (non-hydrogen) atoms. The van der Waals surface area contributed by atoms with Crippen molar-refractivity contribution in [2.75, 3.05) is 4.90 Å². The Balaban J connectivity index is 2.01. The zero-order chi connectivity index (χ0) is 27.6. The van der Waals surface area contributed by atoms with Crippen LogP contribution < -0.4 is 14.4 Å². The molecule has 0 aliphatic carbocycles. The molecule has 0 aliphatic heterocycles. The molecule has 0 spiro atoms. The Hall–Kier alpha value is -3.68. The predicted octanol–water partition coefficient (Wildman–Crippen LogP) is 6.91. The van der Waals surface area contributed by atoms with Crippen molar-refractivity contribution < 1.29 is 54.1 Å². The van der Waals surface area contributed by atoms with Crippen LogP contribution in [0.2, 0.25) is 0 Å². The van der Waals surface area contributed by atoms with E-state index in [-0.39, 0.29) is 16.4 Å². The maximum atomic E-state index is 14.4. The topological polar surface area (TPSA) is 54.8 Å². The van der Waals surface area contributed by atoms with Crippen LogP contribution in [0.15, 0.2) is 60.8 Å². The lowest BCUT2D eigenvalue weighted by molar-refractivity contribution is -0.253. The van der Waals surface area contributed by atoms with Crippen LogP contribution in [0.1, 0.15) is 18.1 Å². The number of hydrogen-bond donors (Lipinski definition) is 1. The van der Waals surface area contributed by atoms with Gasteiger partial charge in [0.1, 0.15) is 17.3 Å². The first kappa shape index (κ1) is 27.9. The minimum atomic E-state index is -5.32. The molecule has 1 heterocycles. The summed E-state index contributed by atoms with van der Waals surface area (Å²) in [6.45, 7) is -3.95. The van der Waals surface area contributed by atoms with Gasteiger partial charge in [-0.25, -0.2) is 9.37 Å². The molecular weight excluding hydrogens is 523 g/mol. The van der Waals surface area contributed by atoms with Gasteiger partial charge in [-0.15, -0.1) is 0 Å². The van der Waals surface area contributed by atoms with E-state index in [9.17, 15) is 44.6 Å². The van der Waals surface area contributed by atoms with E-state index in [0.29, 0.717) is 25.1 Å². The normalized spacial score (nSPS) is 13.8. The molecule has 0 amide bonds. The number of aliphatic hydroxyl groups is 1. The summed E-state index contributed by atoms with van der Waals surface area (Å²) in [5.41, 5.74) is -6.14. The third-order valence-electron chi connectivity index (χ3n) is 5.05. The number of hydrogen-bond acceptors (Lipinski definition) is 5. The smallest absolute Gasteiger partial charge is 0.436 e. The molecule has 1 aromatic heterocycles. The average Bonchev–Trinajstić information content (AvgIpc) is 2.76. The molecular formula is C23H17F9N2O3. The van der Waals surface area contributed by atoms with Gasteiger partial charge in [0, 0.05) is 36.1 Å². The van der Waals surface area contributed by atoms with E-state index in [0.717, 1.165) is 24.4 Å². The van der Waals surface area contributed by atoms with Gasteiger partial charge in [0.15, 0.2) is 0 Å². The van der Waals surface area contributed by atoms with Crippen molar-refractivity contribution in [1.29, 1.82) is 0 Å². The summed E-state index contributed by atoms with van der Waals surface area (Å²) in [7, 11) is 0. The van der Waals surface area contributed by atoms with Crippen molar-refractivity contribution in [3.8, 4) is 17.4 Å². The maximum Gasteiger partial charge on any atom is 0.436 e. The fourth-order valence-corrected chi connectivity index (χ4v) is 3.15. The van der Waals surface area contributed by atoms with Gasteiger partial charge in [-0.3, -0.25) is 0 Å². The Morgan fingerprint density at radius 3 is 2.24 bits per heavy atom. The Bertz CT molecular complexity index is 1230. The zero-order valence-electron chi connectivity index (χ0n) is 18.6. The lowest BCUT2D eigenvalue weighted by Gasteiger charge is -2.40. The molecule has 0 saturated heterocycles. The molecule has 200 valence electrons. The van der Waals surface area contributed by atoms with E-state index >= 15 is 0 Å². The molecule has 3 rings (SSSR count). The van der Waals surface area contributed by atoms with Crippen molar-refractivity contribution in [3.05, 3.63) is 77.7 Å². The van der Waals surface area contributed by atoms with Crippen LogP contribution in [0, 0.1) is 5.82 Å². The second-order valence-corrected chi connectivity index (χ2v) is 7.72. The summed E-state index contributed by atoms with van der Waals surface area (Å²) in [6.07, 6.45) is -9.16. The molecule has 1 atom stereocenters. The lowest BCUT2D eigenvalue weighted by Crippen LogP contribution is -2.57. The number of pyridine rings is 1. The van der Waals surface area contributed by atoms with Gasteiger partial charge in [-0.1, -0.05) is 6.07 Å². The molecule has 3 aromatic rings. The van der Waals surface area contributed by atoms with Gasteiger partial charge in [0.05, 0.1) is 5.56 Å². The van der Waals surface area contributed by atoms with Crippen LogP contribution in [0.4, 0.5) is 45.2 Å². The second-order valence-electron chi connectivity index (χ2n) is 7.72. The summed E-state index contributed by atoms with van der Waals surface area (Å²) in [5.74, 6) is -1.99. The number of aromatic nitrogens is 1. The number of rotatable bonds is 8. The third-order valence-corrected chi connectivity index (χ3v) is 5.05. The van der Waals surface area contributed by atoms with Gasteiger partial charge in [0.2, 0.25) is 11.6 Å². The lowest BCUT2D eigenvalue weighted by atomic mass is 10.1. The number of halogens is 9. The molecule has 1 unspecified atom stereocenters. The van der Waals surface area contributed by atoms with Gasteiger partial charge in [-0.05, 0) is 43.3 Å². The first-order valence-corrected chi connectivity index (χ1v) is 10.2. The summed E-state index contributed by atoms with van der Waals surface area (Å²) < 4.78 is 129. The highest BCUT2D eigenvalue weighted by atomic mass is 19.4. The Morgan fingerprint density at radius 2 is 1.62 bits per heavy atom. The molecule has 5 nitrogen and oxygen atoms in total. The number of alkyl halides is 8. The van der Waals surface area contributed by atoms with Gasteiger partial charge in [-0.2, -0.15) is 35.1 Å². The molecule has 0 saturated carbocycles. The van der Waals surface area contributed by atoms with Crippen molar-refractivity contribution in [1.82, 2.24) is 4.98 Å². The van der Waals surface area contributed by atoms with Crippen LogP contribution in [-0.4, -0.2) is 28.6 Å². The van der Waals surface area contributed by atoms with E-state index in [2.05, 4.69) is 9.72 Å². The first-order valence-electron chi connectivity index (χ1n) is 10.2.